The van der Waals surface area contributed by atoms with Gasteiger partial charge in [-0.2, -0.15) is 4.39 Å². The Morgan fingerprint density at radius 2 is 2.08 bits per heavy atom. The van der Waals surface area contributed by atoms with Crippen LogP contribution in [-0.4, -0.2) is 35.3 Å². The van der Waals surface area contributed by atoms with Gasteiger partial charge in [0.15, 0.2) is 0 Å². The Morgan fingerprint density at radius 3 is 2.79 bits per heavy atom. The molecule has 0 bridgehead atoms. The van der Waals surface area contributed by atoms with Crippen LogP contribution in [0.2, 0.25) is 0 Å². The molecule has 24 heavy (non-hydrogen) atoms. The molecule has 0 amide bonds. The average molecular weight is 330 g/mol. The van der Waals surface area contributed by atoms with Gasteiger partial charge in [0, 0.05) is 25.4 Å². The first-order chi connectivity index (χ1) is 11.7. The van der Waals surface area contributed by atoms with Crippen LogP contribution in [0.1, 0.15) is 57.1 Å². The number of Topliss-reactive ketones (excluding diaryl/α,β-unsaturated/α-hetero) is 1. The highest BCUT2D eigenvalue weighted by atomic mass is 19.1. The van der Waals surface area contributed by atoms with Gasteiger partial charge in [0.05, 0.1) is 5.69 Å². The summed E-state index contributed by atoms with van der Waals surface area (Å²) in [6.07, 6.45) is 10.7. The van der Waals surface area contributed by atoms with Crippen LogP contribution in [0.25, 0.3) is 5.57 Å². The summed E-state index contributed by atoms with van der Waals surface area (Å²) in [6.45, 7) is 2.80. The zero-order valence-electron chi connectivity index (χ0n) is 14.3. The molecule has 0 aromatic carbocycles. The number of halogens is 1. The van der Waals surface area contributed by atoms with Gasteiger partial charge in [0.1, 0.15) is 5.78 Å². The molecule has 1 aromatic rings. The zero-order valence-corrected chi connectivity index (χ0v) is 14.3. The van der Waals surface area contributed by atoms with Crippen molar-refractivity contribution in [3.63, 3.8) is 0 Å². The highest BCUT2D eigenvalue weighted by Crippen LogP contribution is 2.26. The predicted molar refractivity (Wildman–Crippen MR) is 94.0 cm³/mol. The van der Waals surface area contributed by atoms with Gasteiger partial charge in [0.25, 0.3) is 0 Å². The summed E-state index contributed by atoms with van der Waals surface area (Å²) < 4.78 is 13.2. The zero-order chi connectivity index (χ0) is 16.8. The first-order valence-electron chi connectivity index (χ1n) is 9.29. The van der Waals surface area contributed by atoms with Crippen molar-refractivity contribution in [1.29, 1.82) is 0 Å². The molecular weight excluding hydrogens is 303 g/mol. The van der Waals surface area contributed by atoms with Crippen molar-refractivity contribution in [2.75, 3.05) is 19.6 Å². The van der Waals surface area contributed by atoms with Gasteiger partial charge < -0.3 is 0 Å². The van der Waals surface area contributed by atoms with Crippen LogP contribution >= 0.6 is 0 Å². The van der Waals surface area contributed by atoms with Gasteiger partial charge in [-0.25, -0.2) is 4.98 Å². The molecule has 1 aliphatic heterocycles. The number of carbonyl (C=O) groups excluding carboxylic acids is 1. The summed E-state index contributed by atoms with van der Waals surface area (Å²) in [5.41, 5.74) is 1.88. The Bertz CT molecular complexity index is 593. The minimum absolute atomic E-state index is 0.339. The molecule has 3 rings (SSSR count). The van der Waals surface area contributed by atoms with Gasteiger partial charge in [-0.1, -0.05) is 31.4 Å². The molecule has 2 heterocycles. The van der Waals surface area contributed by atoms with Crippen LogP contribution in [0, 0.1) is 11.9 Å². The van der Waals surface area contributed by atoms with Crippen molar-refractivity contribution in [3.05, 3.63) is 35.9 Å². The smallest absolute Gasteiger partial charge is 0.213 e. The Kier molecular flexibility index (Phi) is 6.13. The lowest BCUT2D eigenvalue weighted by molar-refractivity contribution is -0.123. The summed E-state index contributed by atoms with van der Waals surface area (Å²) in [4.78, 5) is 18.6. The number of ketones is 1. The van der Waals surface area contributed by atoms with E-state index < -0.39 is 5.95 Å². The maximum absolute atomic E-state index is 13.2. The molecule has 0 spiro atoms. The number of carbonyl (C=O) groups is 1. The fraction of sp³-hybridized carbons (Fsp3) is 0.600. The second-order valence-electron chi connectivity index (χ2n) is 7.03. The Balaban J connectivity index is 1.41. The number of hydrogen-bond donors (Lipinski definition) is 0. The van der Waals surface area contributed by atoms with Crippen molar-refractivity contribution in [2.24, 2.45) is 5.92 Å². The number of nitrogens with zero attached hydrogens (tertiary/aromatic N) is 2. The molecule has 1 aromatic heterocycles. The van der Waals surface area contributed by atoms with E-state index in [0.29, 0.717) is 11.7 Å². The second kappa shape index (κ2) is 8.52. The van der Waals surface area contributed by atoms with Crippen molar-refractivity contribution in [2.45, 2.75) is 51.4 Å². The third-order valence-electron chi connectivity index (χ3n) is 5.30. The molecule has 1 fully saturated rings. The summed E-state index contributed by atoms with van der Waals surface area (Å²) in [5.74, 6) is 0.398. The van der Waals surface area contributed by atoms with Crippen molar-refractivity contribution < 1.29 is 9.18 Å². The standard InChI is InChI=1S/C20H27FN2O/c21-20-10-4-8-18(22-20)16-11-14-23(15-12-16)13-5-9-19(24)17-6-2-1-3-7-17/h4,8,10-11,17H,1-3,5-7,9,12-15H2. The topological polar surface area (TPSA) is 33.2 Å². The van der Waals surface area contributed by atoms with Gasteiger partial charge >= 0.3 is 0 Å². The minimum Gasteiger partial charge on any atom is -0.299 e. The van der Waals surface area contributed by atoms with Crippen LogP contribution < -0.4 is 0 Å². The van der Waals surface area contributed by atoms with E-state index in [-0.39, 0.29) is 0 Å². The monoisotopic (exact) mass is 330 g/mol. The van der Waals surface area contributed by atoms with Gasteiger partial charge in [0.2, 0.25) is 5.95 Å². The number of hydrogen-bond acceptors (Lipinski definition) is 3. The number of pyridine rings is 1. The number of aromatic nitrogens is 1. The molecule has 0 unspecified atom stereocenters. The highest BCUT2D eigenvalue weighted by Gasteiger charge is 2.21. The SMILES string of the molecule is O=C(CCCN1CC=C(c2cccc(F)n2)CC1)C1CCCCC1. The number of rotatable bonds is 6. The maximum atomic E-state index is 13.2. The predicted octanol–water partition coefficient (Wildman–Crippen LogP) is 4.24. The van der Waals surface area contributed by atoms with E-state index in [1.54, 1.807) is 6.07 Å². The molecule has 0 atom stereocenters. The quantitative estimate of drug-likeness (QED) is 0.732. The normalized spacial score (nSPS) is 20.0. The molecule has 1 saturated carbocycles. The van der Waals surface area contributed by atoms with Gasteiger partial charge in [-0.05, 0) is 49.9 Å². The van der Waals surface area contributed by atoms with Crippen LogP contribution in [0.3, 0.4) is 0 Å². The average Bonchev–Trinajstić information content (AvgIpc) is 2.63. The lowest BCUT2D eigenvalue weighted by Crippen LogP contribution is -2.30. The largest absolute Gasteiger partial charge is 0.299 e. The maximum Gasteiger partial charge on any atom is 0.213 e. The van der Waals surface area contributed by atoms with Crippen molar-refractivity contribution in [3.8, 4) is 0 Å². The lowest BCUT2D eigenvalue weighted by atomic mass is 9.85. The first-order valence-corrected chi connectivity index (χ1v) is 9.29. The van der Waals surface area contributed by atoms with E-state index in [0.717, 1.165) is 63.0 Å². The van der Waals surface area contributed by atoms with E-state index in [4.69, 9.17) is 0 Å². The summed E-state index contributed by atoms with van der Waals surface area (Å²) >= 11 is 0. The molecule has 0 radical (unpaired) electrons. The van der Waals surface area contributed by atoms with E-state index in [1.165, 1.54) is 25.3 Å². The second-order valence-corrected chi connectivity index (χ2v) is 7.03. The molecule has 3 nitrogen and oxygen atoms in total. The Morgan fingerprint density at radius 1 is 1.25 bits per heavy atom. The fourth-order valence-electron chi connectivity index (χ4n) is 3.84. The van der Waals surface area contributed by atoms with E-state index >= 15 is 0 Å². The van der Waals surface area contributed by atoms with Crippen molar-refractivity contribution >= 4 is 11.4 Å². The van der Waals surface area contributed by atoms with Crippen LogP contribution in [0.5, 0.6) is 0 Å². The lowest BCUT2D eigenvalue weighted by Gasteiger charge is -2.26. The molecule has 4 heteroatoms. The molecule has 0 N–H and O–H groups in total. The van der Waals surface area contributed by atoms with Gasteiger partial charge in [-0.15, -0.1) is 0 Å². The Hall–Kier alpha value is -1.55. The van der Waals surface area contributed by atoms with E-state index in [1.807, 2.05) is 6.07 Å². The Labute approximate surface area is 144 Å². The van der Waals surface area contributed by atoms with Gasteiger partial charge in [-0.3, -0.25) is 9.69 Å². The van der Waals surface area contributed by atoms with E-state index in [2.05, 4.69) is 16.0 Å². The minimum atomic E-state index is -0.419. The molecule has 1 aliphatic carbocycles. The summed E-state index contributed by atoms with van der Waals surface area (Å²) in [6, 6.07) is 4.96. The van der Waals surface area contributed by atoms with Crippen LogP contribution in [-0.2, 0) is 4.79 Å². The van der Waals surface area contributed by atoms with Crippen LogP contribution in [0.15, 0.2) is 24.3 Å². The molecule has 130 valence electrons. The summed E-state index contributed by atoms with van der Waals surface area (Å²) in [7, 11) is 0. The van der Waals surface area contributed by atoms with E-state index in [9.17, 15) is 9.18 Å². The third kappa shape index (κ3) is 4.73. The van der Waals surface area contributed by atoms with Crippen molar-refractivity contribution in [1.82, 2.24) is 9.88 Å². The third-order valence-corrected chi connectivity index (χ3v) is 5.30. The highest BCUT2D eigenvalue weighted by molar-refractivity contribution is 5.81. The first kappa shape index (κ1) is 17.3. The molecular formula is C20H27FN2O. The molecule has 0 saturated heterocycles. The fourth-order valence-corrected chi connectivity index (χ4v) is 3.84. The molecule has 2 aliphatic rings. The summed E-state index contributed by atoms with van der Waals surface area (Å²) in [5, 5.41) is 0. The van der Waals surface area contributed by atoms with Crippen LogP contribution in [0.4, 0.5) is 4.39 Å².